The zero-order valence-corrected chi connectivity index (χ0v) is 11.9. The highest BCUT2D eigenvalue weighted by atomic mass is 16.2. The smallest absolute Gasteiger partial charge is 0.242 e. The Labute approximate surface area is 115 Å². The van der Waals surface area contributed by atoms with Crippen LogP contribution < -0.4 is 10.6 Å². The van der Waals surface area contributed by atoms with E-state index in [-0.39, 0.29) is 5.91 Å². The Morgan fingerprint density at radius 3 is 2.68 bits per heavy atom. The standard InChI is InChI=1S/C15H23N3O/c1-12-6-5-7-13(10-16)15(12)17(2)11-14(19)18-8-3-4-9-18/h5-7H,3-4,8-11,16H2,1-2H3. The van der Waals surface area contributed by atoms with Crippen molar-refractivity contribution >= 4 is 11.6 Å². The van der Waals surface area contributed by atoms with Crippen molar-refractivity contribution in [3.05, 3.63) is 29.3 Å². The fourth-order valence-corrected chi connectivity index (χ4v) is 2.78. The molecule has 1 saturated heterocycles. The van der Waals surface area contributed by atoms with Crippen molar-refractivity contribution in [3.63, 3.8) is 0 Å². The van der Waals surface area contributed by atoms with E-state index in [1.54, 1.807) is 0 Å². The molecule has 1 aromatic rings. The first-order valence-corrected chi connectivity index (χ1v) is 6.91. The van der Waals surface area contributed by atoms with Crippen molar-refractivity contribution in [2.24, 2.45) is 5.73 Å². The van der Waals surface area contributed by atoms with Gasteiger partial charge in [-0.3, -0.25) is 4.79 Å². The predicted octanol–water partition coefficient (Wildman–Crippen LogP) is 1.51. The summed E-state index contributed by atoms with van der Waals surface area (Å²) in [7, 11) is 1.97. The average molecular weight is 261 g/mol. The average Bonchev–Trinajstić information content (AvgIpc) is 2.92. The molecule has 4 nitrogen and oxygen atoms in total. The second kappa shape index (κ2) is 6.06. The number of nitrogens with zero attached hydrogens (tertiary/aromatic N) is 2. The Balaban J connectivity index is 2.11. The number of para-hydroxylation sites is 1. The van der Waals surface area contributed by atoms with E-state index >= 15 is 0 Å². The molecule has 1 fully saturated rings. The lowest BCUT2D eigenvalue weighted by molar-refractivity contribution is -0.128. The fourth-order valence-electron chi connectivity index (χ4n) is 2.78. The maximum atomic E-state index is 12.2. The van der Waals surface area contributed by atoms with Crippen LogP contribution in [0.1, 0.15) is 24.0 Å². The lowest BCUT2D eigenvalue weighted by Gasteiger charge is -2.26. The third-order valence-electron chi connectivity index (χ3n) is 3.75. The quantitative estimate of drug-likeness (QED) is 0.894. The van der Waals surface area contributed by atoms with E-state index in [2.05, 4.69) is 13.0 Å². The second-order valence-corrected chi connectivity index (χ2v) is 5.23. The minimum absolute atomic E-state index is 0.214. The van der Waals surface area contributed by atoms with Crippen molar-refractivity contribution in [1.82, 2.24) is 4.90 Å². The van der Waals surface area contributed by atoms with Crippen molar-refractivity contribution in [2.75, 3.05) is 31.6 Å². The Hall–Kier alpha value is -1.55. The number of hydrogen-bond acceptors (Lipinski definition) is 3. The molecule has 2 rings (SSSR count). The molecule has 0 saturated carbocycles. The van der Waals surface area contributed by atoms with Crippen LogP contribution in [0.25, 0.3) is 0 Å². The Morgan fingerprint density at radius 2 is 2.05 bits per heavy atom. The number of rotatable bonds is 4. The molecule has 104 valence electrons. The van der Waals surface area contributed by atoms with E-state index in [4.69, 9.17) is 5.73 Å². The molecule has 1 aromatic carbocycles. The zero-order chi connectivity index (χ0) is 13.8. The SMILES string of the molecule is Cc1cccc(CN)c1N(C)CC(=O)N1CCCC1. The largest absolute Gasteiger partial charge is 0.365 e. The van der Waals surface area contributed by atoms with Gasteiger partial charge in [-0.2, -0.15) is 0 Å². The summed E-state index contributed by atoms with van der Waals surface area (Å²) in [5.74, 6) is 0.214. The Bertz CT molecular complexity index is 453. The predicted molar refractivity (Wildman–Crippen MR) is 78.2 cm³/mol. The number of anilines is 1. The molecule has 19 heavy (non-hydrogen) atoms. The molecule has 4 heteroatoms. The van der Waals surface area contributed by atoms with Gasteiger partial charge in [0.2, 0.25) is 5.91 Å². The van der Waals surface area contributed by atoms with Gasteiger partial charge in [0.25, 0.3) is 0 Å². The van der Waals surface area contributed by atoms with Crippen LogP contribution in [0.2, 0.25) is 0 Å². The lowest BCUT2D eigenvalue weighted by atomic mass is 10.1. The maximum Gasteiger partial charge on any atom is 0.242 e. The van der Waals surface area contributed by atoms with Crippen molar-refractivity contribution in [1.29, 1.82) is 0 Å². The highest BCUT2D eigenvalue weighted by Gasteiger charge is 2.20. The van der Waals surface area contributed by atoms with E-state index in [1.165, 1.54) is 5.56 Å². The van der Waals surface area contributed by atoms with Crippen LogP contribution in [0.15, 0.2) is 18.2 Å². The molecule has 0 atom stereocenters. The van der Waals surface area contributed by atoms with E-state index in [0.29, 0.717) is 13.1 Å². The lowest BCUT2D eigenvalue weighted by Crippen LogP contribution is -2.37. The van der Waals surface area contributed by atoms with Gasteiger partial charge in [-0.15, -0.1) is 0 Å². The molecule has 1 amide bonds. The second-order valence-electron chi connectivity index (χ2n) is 5.23. The van der Waals surface area contributed by atoms with Gasteiger partial charge < -0.3 is 15.5 Å². The molecule has 1 heterocycles. The van der Waals surface area contributed by atoms with Gasteiger partial charge in [0.05, 0.1) is 6.54 Å². The summed E-state index contributed by atoms with van der Waals surface area (Å²) in [5.41, 5.74) is 9.14. The van der Waals surface area contributed by atoms with Crippen LogP contribution in [0, 0.1) is 6.92 Å². The van der Waals surface area contributed by atoms with Crippen molar-refractivity contribution in [2.45, 2.75) is 26.3 Å². The first kappa shape index (κ1) is 13.9. The minimum atomic E-state index is 0.214. The summed E-state index contributed by atoms with van der Waals surface area (Å²) in [6.07, 6.45) is 2.27. The van der Waals surface area contributed by atoms with Crippen LogP contribution >= 0.6 is 0 Å². The van der Waals surface area contributed by atoms with E-state index in [0.717, 1.165) is 37.2 Å². The van der Waals surface area contributed by atoms with Gasteiger partial charge in [0.1, 0.15) is 0 Å². The van der Waals surface area contributed by atoms with Gasteiger partial charge in [-0.25, -0.2) is 0 Å². The van der Waals surface area contributed by atoms with E-state index < -0.39 is 0 Å². The molecule has 0 aliphatic carbocycles. The molecule has 2 N–H and O–H groups in total. The number of nitrogens with two attached hydrogens (primary N) is 1. The molecule has 0 unspecified atom stereocenters. The molecule has 0 aromatic heterocycles. The number of carbonyl (C=O) groups is 1. The van der Waals surface area contributed by atoms with Gasteiger partial charge in [0.15, 0.2) is 0 Å². The monoisotopic (exact) mass is 261 g/mol. The van der Waals surface area contributed by atoms with Crippen LogP contribution in [0.4, 0.5) is 5.69 Å². The number of amides is 1. The maximum absolute atomic E-state index is 12.2. The molecular formula is C15H23N3O. The first-order valence-electron chi connectivity index (χ1n) is 6.91. The number of aryl methyl sites for hydroxylation is 1. The van der Waals surface area contributed by atoms with Gasteiger partial charge >= 0.3 is 0 Å². The number of hydrogen-bond donors (Lipinski definition) is 1. The van der Waals surface area contributed by atoms with Crippen LogP contribution in [0.5, 0.6) is 0 Å². The minimum Gasteiger partial charge on any atom is -0.365 e. The summed E-state index contributed by atoms with van der Waals surface area (Å²) >= 11 is 0. The van der Waals surface area contributed by atoms with Crippen LogP contribution in [-0.4, -0.2) is 37.5 Å². The number of benzene rings is 1. The summed E-state index contributed by atoms with van der Waals surface area (Å²) in [5, 5.41) is 0. The highest BCUT2D eigenvalue weighted by Crippen LogP contribution is 2.24. The molecule has 1 aliphatic heterocycles. The summed E-state index contributed by atoms with van der Waals surface area (Å²) in [6, 6.07) is 6.10. The first-order chi connectivity index (χ1) is 9.13. The molecular weight excluding hydrogens is 238 g/mol. The van der Waals surface area contributed by atoms with Gasteiger partial charge in [-0.05, 0) is 30.9 Å². The van der Waals surface area contributed by atoms with Crippen molar-refractivity contribution < 1.29 is 4.79 Å². The number of carbonyl (C=O) groups excluding carboxylic acids is 1. The summed E-state index contributed by atoms with van der Waals surface area (Å²) < 4.78 is 0. The van der Waals surface area contributed by atoms with Gasteiger partial charge in [0, 0.05) is 32.4 Å². The summed E-state index contributed by atoms with van der Waals surface area (Å²) in [6.45, 7) is 4.80. The van der Waals surface area contributed by atoms with Crippen LogP contribution in [-0.2, 0) is 11.3 Å². The van der Waals surface area contributed by atoms with Gasteiger partial charge in [-0.1, -0.05) is 18.2 Å². The number of likely N-dealkylation sites (tertiary alicyclic amines) is 1. The zero-order valence-electron chi connectivity index (χ0n) is 11.9. The topological polar surface area (TPSA) is 49.6 Å². The third-order valence-corrected chi connectivity index (χ3v) is 3.75. The summed E-state index contributed by atoms with van der Waals surface area (Å²) in [4.78, 5) is 16.2. The fraction of sp³-hybridized carbons (Fsp3) is 0.533. The highest BCUT2D eigenvalue weighted by molar-refractivity contribution is 5.82. The Morgan fingerprint density at radius 1 is 1.37 bits per heavy atom. The normalized spacial score (nSPS) is 14.8. The van der Waals surface area contributed by atoms with E-state index in [1.807, 2.05) is 29.0 Å². The van der Waals surface area contributed by atoms with Crippen LogP contribution in [0.3, 0.4) is 0 Å². The number of likely N-dealkylation sites (N-methyl/N-ethyl adjacent to an activating group) is 1. The molecule has 0 bridgehead atoms. The van der Waals surface area contributed by atoms with Crippen molar-refractivity contribution in [3.8, 4) is 0 Å². The van der Waals surface area contributed by atoms with E-state index in [9.17, 15) is 4.79 Å². The third kappa shape index (κ3) is 3.07. The molecule has 1 aliphatic rings. The Kier molecular flexibility index (Phi) is 4.43. The molecule has 0 radical (unpaired) electrons. The molecule has 0 spiro atoms.